The van der Waals surface area contributed by atoms with Crippen LogP contribution < -0.4 is 0 Å². The molecular weight excluding hydrogens is 288 g/mol. The third-order valence-electron chi connectivity index (χ3n) is 4.56. The van der Waals surface area contributed by atoms with Crippen LogP contribution in [0.15, 0.2) is 36.9 Å². The van der Waals surface area contributed by atoms with Gasteiger partial charge in [-0.3, -0.25) is 9.58 Å². The maximum Gasteiger partial charge on any atom is 0.137 e. The molecule has 0 aliphatic carbocycles. The zero-order valence-corrected chi connectivity index (χ0v) is 13.3. The quantitative estimate of drug-likeness (QED) is 0.739. The van der Waals surface area contributed by atoms with E-state index in [1.165, 1.54) is 12.8 Å². The lowest BCUT2D eigenvalue weighted by Crippen LogP contribution is -2.33. The summed E-state index contributed by atoms with van der Waals surface area (Å²) in [5, 5.41) is 4.23. The number of benzene rings is 1. The molecule has 0 saturated carbocycles. The van der Waals surface area contributed by atoms with Gasteiger partial charge in [-0.25, -0.2) is 15.0 Å². The summed E-state index contributed by atoms with van der Waals surface area (Å²) in [6.45, 7) is 4.90. The van der Waals surface area contributed by atoms with Crippen LogP contribution in [0.5, 0.6) is 0 Å². The van der Waals surface area contributed by atoms with E-state index in [9.17, 15) is 0 Å². The van der Waals surface area contributed by atoms with Crippen LogP contribution in [-0.2, 0) is 13.1 Å². The van der Waals surface area contributed by atoms with Crippen LogP contribution in [0, 0.1) is 6.92 Å². The fourth-order valence-electron chi connectivity index (χ4n) is 3.32. The molecule has 1 aliphatic heterocycles. The number of hydrogen-bond acceptors (Lipinski definition) is 5. The van der Waals surface area contributed by atoms with Gasteiger partial charge in [0.1, 0.15) is 12.7 Å². The van der Waals surface area contributed by atoms with Gasteiger partial charge in [0.05, 0.1) is 29.0 Å². The van der Waals surface area contributed by atoms with Crippen LogP contribution in [0.25, 0.3) is 11.0 Å². The highest BCUT2D eigenvalue weighted by molar-refractivity contribution is 5.74. The molecule has 1 fully saturated rings. The summed E-state index contributed by atoms with van der Waals surface area (Å²) in [6, 6.07) is 8.55. The van der Waals surface area contributed by atoms with Crippen molar-refractivity contribution in [2.75, 3.05) is 6.54 Å². The summed E-state index contributed by atoms with van der Waals surface area (Å²) in [4.78, 5) is 16.1. The first-order chi connectivity index (χ1) is 11.3. The molecule has 0 radical (unpaired) electrons. The van der Waals surface area contributed by atoms with E-state index in [2.05, 4.69) is 21.9 Å². The Morgan fingerprint density at radius 3 is 2.78 bits per heavy atom. The van der Waals surface area contributed by atoms with Crippen LogP contribution in [0.1, 0.15) is 24.2 Å². The maximum absolute atomic E-state index is 4.83. The number of hydrogen-bond donors (Lipinski definition) is 0. The predicted octanol–water partition coefficient (Wildman–Crippen LogP) is 2.19. The molecule has 1 aliphatic rings. The van der Waals surface area contributed by atoms with Gasteiger partial charge in [0.15, 0.2) is 0 Å². The molecule has 6 nitrogen and oxygen atoms in total. The molecule has 118 valence electrons. The van der Waals surface area contributed by atoms with Crippen LogP contribution >= 0.6 is 0 Å². The first-order valence-corrected chi connectivity index (χ1v) is 8.08. The second-order valence-corrected chi connectivity index (χ2v) is 6.13. The average molecular weight is 308 g/mol. The van der Waals surface area contributed by atoms with Crippen LogP contribution in [0.2, 0.25) is 0 Å². The Morgan fingerprint density at radius 1 is 1.17 bits per heavy atom. The van der Waals surface area contributed by atoms with E-state index in [4.69, 9.17) is 9.97 Å². The molecular formula is C17H20N6. The number of aryl methyl sites for hydroxylation is 1. The highest BCUT2D eigenvalue weighted by Crippen LogP contribution is 2.22. The minimum atomic E-state index is 0.490. The minimum Gasteiger partial charge on any atom is -0.293 e. The molecule has 1 aromatic carbocycles. The summed E-state index contributed by atoms with van der Waals surface area (Å²) in [7, 11) is 0. The van der Waals surface area contributed by atoms with Crippen molar-refractivity contribution in [3.63, 3.8) is 0 Å². The fourth-order valence-corrected chi connectivity index (χ4v) is 3.32. The van der Waals surface area contributed by atoms with Gasteiger partial charge in [-0.15, -0.1) is 0 Å². The number of para-hydroxylation sites is 2. The van der Waals surface area contributed by atoms with E-state index in [0.29, 0.717) is 6.04 Å². The van der Waals surface area contributed by atoms with Crippen LogP contribution in [0.4, 0.5) is 0 Å². The molecule has 3 heterocycles. The Hall–Kier alpha value is -2.34. The SMILES string of the molecule is Cc1nc2ccccc2nc1CN1CCC[C@H]1Cn1cncn1. The number of likely N-dealkylation sites (tertiary alicyclic amines) is 1. The molecule has 0 amide bonds. The van der Waals surface area contributed by atoms with E-state index >= 15 is 0 Å². The highest BCUT2D eigenvalue weighted by atomic mass is 15.3. The van der Waals surface area contributed by atoms with Crippen LogP contribution in [-0.4, -0.2) is 42.2 Å². The summed E-state index contributed by atoms with van der Waals surface area (Å²) in [5.74, 6) is 0. The largest absolute Gasteiger partial charge is 0.293 e. The molecule has 6 heteroatoms. The second-order valence-electron chi connectivity index (χ2n) is 6.13. The van der Waals surface area contributed by atoms with E-state index in [0.717, 1.165) is 42.1 Å². The summed E-state index contributed by atoms with van der Waals surface area (Å²) in [6.07, 6.45) is 5.80. The molecule has 0 unspecified atom stereocenters. The summed E-state index contributed by atoms with van der Waals surface area (Å²) < 4.78 is 1.92. The minimum absolute atomic E-state index is 0.490. The van der Waals surface area contributed by atoms with Crippen molar-refractivity contribution < 1.29 is 0 Å². The molecule has 4 rings (SSSR count). The lowest BCUT2D eigenvalue weighted by molar-refractivity contribution is 0.216. The Morgan fingerprint density at radius 2 is 2.00 bits per heavy atom. The van der Waals surface area contributed by atoms with Crippen molar-refractivity contribution in [2.24, 2.45) is 0 Å². The zero-order chi connectivity index (χ0) is 15.6. The van der Waals surface area contributed by atoms with Gasteiger partial charge in [0.25, 0.3) is 0 Å². The lowest BCUT2D eigenvalue weighted by Gasteiger charge is -2.24. The van der Waals surface area contributed by atoms with Crippen molar-refractivity contribution in [2.45, 2.75) is 38.9 Å². The number of nitrogens with zero attached hydrogens (tertiary/aromatic N) is 6. The van der Waals surface area contributed by atoms with Crippen molar-refractivity contribution >= 4 is 11.0 Å². The lowest BCUT2D eigenvalue weighted by atomic mass is 10.2. The summed E-state index contributed by atoms with van der Waals surface area (Å²) in [5.41, 5.74) is 4.04. The van der Waals surface area contributed by atoms with Crippen molar-refractivity contribution in [3.05, 3.63) is 48.3 Å². The van der Waals surface area contributed by atoms with Crippen molar-refractivity contribution in [1.29, 1.82) is 0 Å². The van der Waals surface area contributed by atoms with E-state index < -0.39 is 0 Å². The third-order valence-corrected chi connectivity index (χ3v) is 4.56. The average Bonchev–Trinajstić information content (AvgIpc) is 3.21. The van der Waals surface area contributed by atoms with Crippen LogP contribution in [0.3, 0.4) is 0 Å². The first-order valence-electron chi connectivity index (χ1n) is 8.08. The van der Waals surface area contributed by atoms with Gasteiger partial charge in [0.2, 0.25) is 0 Å². The first kappa shape index (κ1) is 14.3. The van der Waals surface area contributed by atoms with E-state index in [1.54, 1.807) is 12.7 Å². The van der Waals surface area contributed by atoms with Gasteiger partial charge in [-0.2, -0.15) is 5.10 Å². The van der Waals surface area contributed by atoms with Gasteiger partial charge in [-0.05, 0) is 38.4 Å². The monoisotopic (exact) mass is 308 g/mol. The normalized spacial score (nSPS) is 18.7. The van der Waals surface area contributed by atoms with Gasteiger partial charge in [0, 0.05) is 12.6 Å². The molecule has 0 bridgehead atoms. The molecule has 3 aromatic rings. The highest BCUT2D eigenvalue weighted by Gasteiger charge is 2.26. The third kappa shape index (κ3) is 2.94. The smallest absolute Gasteiger partial charge is 0.137 e. The Labute approximate surface area is 135 Å². The van der Waals surface area contributed by atoms with E-state index in [1.807, 2.05) is 28.9 Å². The summed E-state index contributed by atoms with van der Waals surface area (Å²) >= 11 is 0. The molecule has 23 heavy (non-hydrogen) atoms. The topological polar surface area (TPSA) is 59.7 Å². The predicted molar refractivity (Wildman–Crippen MR) is 87.7 cm³/mol. The standard InChI is InChI=1S/C17H20N6/c1-13-17(21-16-7-3-2-6-15(16)20-13)10-22-8-4-5-14(22)9-23-12-18-11-19-23/h2-3,6-7,11-12,14H,4-5,8-10H2,1H3/t14-/m0/s1. The Bertz CT molecular complexity index is 798. The number of aromatic nitrogens is 5. The Balaban J connectivity index is 1.55. The van der Waals surface area contributed by atoms with Gasteiger partial charge in [-0.1, -0.05) is 12.1 Å². The number of rotatable bonds is 4. The fraction of sp³-hybridized carbons (Fsp3) is 0.412. The van der Waals surface area contributed by atoms with E-state index in [-0.39, 0.29) is 0 Å². The zero-order valence-electron chi connectivity index (χ0n) is 13.3. The molecule has 1 atom stereocenters. The molecule has 2 aromatic heterocycles. The number of fused-ring (bicyclic) bond motifs is 1. The second kappa shape index (κ2) is 6.04. The molecule has 0 N–H and O–H groups in total. The maximum atomic E-state index is 4.83. The van der Waals surface area contributed by atoms with Crippen molar-refractivity contribution in [3.8, 4) is 0 Å². The van der Waals surface area contributed by atoms with Crippen molar-refractivity contribution in [1.82, 2.24) is 29.6 Å². The molecule has 0 spiro atoms. The Kier molecular flexibility index (Phi) is 3.75. The van der Waals surface area contributed by atoms with Gasteiger partial charge < -0.3 is 0 Å². The van der Waals surface area contributed by atoms with Gasteiger partial charge >= 0.3 is 0 Å². The molecule has 1 saturated heterocycles.